The van der Waals surface area contributed by atoms with Gasteiger partial charge in [0.1, 0.15) is 11.6 Å². The van der Waals surface area contributed by atoms with Gasteiger partial charge in [-0.15, -0.1) is 0 Å². The predicted octanol–water partition coefficient (Wildman–Crippen LogP) is 3.61. The van der Waals surface area contributed by atoms with Gasteiger partial charge in [0.2, 0.25) is 5.82 Å². The van der Waals surface area contributed by atoms with Crippen LogP contribution in [0, 0.1) is 15.9 Å². The molecule has 0 atom stereocenters. The van der Waals surface area contributed by atoms with E-state index in [1.165, 1.54) is 18.2 Å². The first-order valence-corrected chi connectivity index (χ1v) is 12.4. The topological polar surface area (TPSA) is 133 Å². The number of rotatable bonds is 9. The molecule has 2 aliphatic heterocycles. The molecular weight excluding hydrogens is 475 g/mol. The summed E-state index contributed by atoms with van der Waals surface area (Å²) in [5, 5.41) is 25.2. The third-order valence-electron chi connectivity index (χ3n) is 6.88. The summed E-state index contributed by atoms with van der Waals surface area (Å²) in [5.41, 5.74) is 8.61. The van der Waals surface area contributed by atoms with Crippen LogP contribution in [-0.2, 0) is 6.42 Å². The number of benzene rings is 2. The molecule has 3 heterocycles. The lowest BCUT2D eigenvalue weighted by Crippen LogP contribution is -2.61. The minimum atomic E-state index is -0.558. The lowest BCUT2D eigenvalue weighted by atomic mass is 10.0. The van der Waals surface area contributed by atoms with Crippen molar-refractivity contribution in [3.05, 3.63) is 82.2 Å². The third kappa shape index (κ3) is 5.89. The second kappa shape index (κ2) is 10.6. The fourth-order valence-electron chi connectivity index (χ4n) is 5.02. The summed E-state index contributed by atoms with van der Waals surface area (Å²) in [6.07, 6.45) is 2.61. The molecule has 37 heavy (non-hydrogen) atoms. The lowest BCUT2D eigenvalue weighted by Gasteiger charge is -2.40. The molecule has 1 saturated heterocycles. The zero-order valence-corrected chi connectivity index (χ0v) is 20.4. The second-order valence-corrected chi connectivity index (χ2v) is 9.55. The van der Waals surface area contributed by atoms with E-state index in [9.17, 15) is 14.5 Å². The van der Waals surface area contributed by atoms with Crippen LogP contribution in [0.3, 0.4) is 0 Å². The maximum Gasteiger partial charge on any atom is 0.311 e. The molecule has 6 N–H and O–H groups in total. The molecule has 2 aromatic carbocycles. The van der Waals surface area contributed by atoms with Gasteiger partial charge in [0.25, 0.3) is 0 Å². The van der Waals surface area contributed by atoms with Gasteiger partial charge in [0.15, 0.2) is 5.79 Å². The summed E-state index contributed by atoms with van der Waals surface area (Å²) in [6, 6.07) is 18.0. The Bertz CT molecular complexity index is 1220. The molecule has 0 unspecified atom stereocenters. The Balaban J connectivity index is 1.15. The van der Waals surface area contributed by atoms with Gasteiger partial charge < -0.3 is 26.6 Å². The van der Waals surface area contributed by atoms with Crippen LogP contribution in [0.1, 0.15) is 18.4 Å². The fourth-order valence-corrected chi connectivity index (χ4v) is 5.02. The van der Waals surface area contributed by atoms with Gasteiger partial charge in [-0.2, -0.15) is 0 Å². The summed E-state index contributed by atoms with van der Waals surface area (Å²) >= 11 is 0. The van der Waals surface area contributed by atoms with Gasteiger partial charge in [-0.1, -0.05) is 24.3 Å². The van der Waals surface area contributed by atoms with Crippen molar-refractivity contribution in [2.24, 2.45) is 0 Å². The van der Waals surface area contributed by atoms with Crippen LogP contribution in [0.2, 0.25) is 0 Å². The van der Waals surface area contributed by atoms with Crippen molar-refractivity contribution in [2.75, 3.05) is 47.9 Å². The Morgan fingerprint density at radius 1 is 1.08 bits per heavy atom. The second-order valence-electron chi connectivity index (χ2n) is 9.55. The van der Waals surface area contributed by atoms with Crippen LogP contribution in [0.15, 0.2) is 60.7 Å². The van der Waals surface area contributed by atoms with Crippen molar-refractivity contribution < 1.29 is 9.31 Å². The summed E-state index contributed by atoms with van der Waals surface area (Å²) in [5.74, 6) is -0.360. The number of nitro groups is 1. The van der Waals surface area contributed by atoms with Crippen molar-refractivity contribution in [3.63, 3.8) is 0 Å². The number of anilines is 4. The Labute approximate surface area is 214 Å². The number of nitrogen functional groups attached to an aromatic ring is 1. The summed E-state index contributed by atoms with van der Waals surface area (Å²) in [7, 11) is 0. The number of piperidine rings is 1. The van der Waals surface area contributed by atoms with Crippen molar-refractivity contribution in [1.82, 2.24) is 15.2 Å². The van der Waals surface area contributed by atoms with Crippen LogP contribution in [0.5, 0.6) is 0 Å². The standard InChI is InChI=1S/C26H31FN8O2/c27-19-7-5-18(6-8-19)17-26(32-21-3-1-2-4-22(21)33-26)31-20-11-14-34(15-12-20)16-13-29-24-10-9-23(35(36)37)25(28)30-24/h1-10,20,31-33H,11-17H2,(H3,28,29,30). The number of nitrogens with two attached hydrogens (primary N) is 1. The predicted molar refractivity (Wildman–Crippen MR) is 143 cm³/mol. The molecule has 2 aliphatic rings. The minimum absolute atomic E-state index is 0.0901. The average molecular weight is 507 g/mol. The van der Waals surface area contributed by atoms with Crippen LogP contribution in [0.4, 0.5) is 33.1 Å². The first-order valence-electron chi connectivity index (χ1n) is 12.4. The summed E-state index contributed by atoms with van der Waals surface area (Å²) in [6.45, 7) is 3.37. The zero-order valence-electron chi connectivity index (χ0n) is 20.4. The van der Waals surface area contributed by atoms with Gasteiger partial charge >= 0.3 is 5.69 Å². The molecule has 1 aromatic heterocycles. The number of nitrogens with one attached hydrogen (secondary N) is 4. The summed E-state index contributed by atoms with van der Waals surface area (Å²) < 4.78 is 13.5. The van der Waals surface area contributed by atoms with E-state index in [0.717, 1.165) is 49.4 Å². The number of halogens is 1. The molecule has 0 aliphatic carbocycles. The van der Waals surface area contributed by atoms with E-state index in [2.05, 4.69) is 43.3 Å². The number of hydrogen-bond donors (Lipinski definition) is 5. The monoisotopic (exact) mass is 506 g/mol. The molecule has 0 amide bonds. The van der Waals surface area contributed by atoms with Crippen molar-refractivity contribution in [1.29, 1.82) is 0 Å². The highest BCUT2D eigenvalue weighted by Gasteiger charge is 2.38. The highest BCUT2D eigenvalue weighted by atomic mass is 19.1. The lowest BCUT2D eigenvalue weighted by molar-refractivity contribution is -0.384. The Morgan fingerprint density at radius 2 is 1.76 bits per heavy atom. The summed E-state index contributed by atoms with van der Waals surface area (Å²) in [4.78, 5) is 16.8. The maximum atomic E-state index is 13.5. The number of para-hydroxylation sites is 2. The normalized spacial score (nSPS) is 17.0. The van der Waals surface area contributed by atoms with Crippen LogP contribution in [0.25, 0.3) is 0 Å². The zero-order chi connectivity index (χ0) is 25.8. The van der Waals surface area contributed by atoms with Crippen LogP contribution < -0.4 is 27.0 Å². The highest BCUT2D eigenvalue weighted by molar-refractivity contribution is 5.76. The molecule has 1 fully saturated rings. The fraction of sp³-hybridized carbons (Fsp3) is 0.346. The van der Waals surface area contributed by atoms with Crippen LogP contribution >= 0.6 is 0 Å². The van der Waals surface area contributed by atoms with Crippen molar-refractivity contribution >= 4 is 28.7 Å². The Morgan fingerprint density at radius 3 is 2.38 bits per heavy atom. The number of fused-ring (bicyclic) bond motifs is 1. The number of hydrogen-bond acceptors (Lipinski definition) is 9. The van der Waals surface area contributed by atoms with Gasteiger partial charge in [-0.25, -0.2) is 9.37 Å². The first-order chi connectivity index (χ1) is 17.9. The quantitative estimate of drug-likeness (QED) is 0.218. The molecular formula is C26H31FN8O2. The van der Waals surface area contributed by atoms with Gasteiger partial charge in [0.05, 0.1) is 16.3 Å². The minimum Gasteiger partial charge on any atom is -0.378 e. The maximum absolute atomic E-state index is 13.5. The number of likely N-dealkylation sites (tertiary alicyclic amines) is 1. The van der Waals surface area contributed by atoms with E-state index in [1.54, 1.807) is 6.07 Å². The molecule has 0 radical (unpaired) electrons. The van der Waals surface area contributed by atoms with E-state index in [4.69, 9.17) is 5.73 Å². The van der Waals surface area contributed by atoms with E-state index >= 15 is 0 Å². The van der Waals surface area contributed by atoms with Gasteiger partial charge in [-0.3, -0.25) is 15.4 Å². The van der Waals surface area contributed by atoms with E-state index in [-0.39, 0.29) is 17.3 Å². The third-order valence-corrected chi connectivity index (χ3v) is 6.88. The average Bonchev–Trinajstić information content (AvgIpc) is 3.24. The van der Waals surface area contributed by atoms with E-state index in [1.807, 2.05) is 24.3 Å². The molecule has 5 rings (SSSR count). The Kier molecular flexibility index (Phi) is 7.06. The van der Waals surface area contributed by atoms with Crippen molar-refractivity contribution in [3.8, 4) is 0 Å². The number of nitrogens with zero attached hydrogens (tertiary/aromatic N) is 3. The molecule has 194 valence electrons. The molecule has 10 nitrogen and oxygen atoms in total. The number of pyridine rings is 1. The van der Waals surface area contributed by atoms with Gasteiger partial charge in [-0.05, 0) is 61.8 Å². The van der Waals surface area contributed by atoms with Crippen molar-refractivity contribution in [2.45, 2.75) is 31.1 Å². The first kappa shape index (κ1) is 24.7. The highest BCUT2D eigenvalue weighted by Crippen LogP contribution is 2.35. The molecule has 3 aromatic rings. The largest absolute Gasteiger partial charge is 0.378 e. The SMILES string of the molecule is Nc1nc(NCCN2CCC(NC3(Cc4ccc(F)cc4)Nc4ccccc4N3)CC2)ccc1[N+](=O)[O-]. The van der Waals surface area contributed by atoms with Crippen LogP contribution in [-0.4, -0.2) is 52.8 Å². The molecule has 0 bridgehead atoms. The number of aromatic nitrogens is 1. The van der Waals surface area contributed by atoms with Gasteiger partial charge in [0, 0.05) is 31.6 Å². The van der Waals surface area contributed by atoms with E-state index < -0.39 is 10.7 Å². The molecule has 0 spiro atoms. The smallest absolute Gasteiger partial charge is 0.311 e. The van der Waals surface area contributed by atoms with E-state index in [0.29, 0.717) is 24.8 Å². The molecule has 0 saturated carbocycles. The molecule has 11 heteroatoms. The Hall–Kier alpha value is -3.96.